The third-order valence-electron chi connectivity index (χ3n) is 7.81. The highest BCUT2D eigenvalue weighted by Crippen LogP contribution is 2.47. The Morgan fingerprint density at radius 2 is 1.95 bits per heavy atom. The minimum absolute atomic E-state index is 0.00189. The molecule has 2 aliphatic heterocycles. The van der Waals surface area contributed by atoms with Gasteiger partial charge in [0, 0.05) is 25.7 Å². The van der Waals surface area contributed by atoms with Crippen LogP contribution in [0.4, 0.5) is 18.9 Å². The number of carbonyl (C=O) groups excluding carboxylic acids is 3. The molecular weight excluding hydrogens is 527 g/mol. The van der Waals surface area contributed by atoms with E-state index in [1.54, 1.807) is 17.9 Å². The number of imidazole rings is 1. The van der Waals surface area contributed by atoms with Gasteiger partial charge in [-0.2, -0.15) is 8.78 Å². The Kier molecular flexibility index (Phi) is 7.12. The van der Waals surface area contributed by atoms with Crippen LogP contribution >= 0.6 is 11.6 Å². The van der Waals surface area contributed by atoms with Crippen LogP contribution in [0.1, 0.15) is 58.6 Å². The lowest BCUT2D eigenvalue weighted by atomic mass is 9.71. The van der Waals surface area contributed by atoms with Crippen LogP contribution in [-0.4, -0.2) is 71.0 Å². The van der Waals surface area contributed by atoms with Crippen molar-refractivity contribution in [2.75, 3.05) is 24.5 Å². The number of aromatic amines is 1. The molecule has 9 nitrogen and oxygen atoms in total. The molecule has 1 saturated carbocycles. The predicted molar refractivity (Wildman–Crippen MR) is 131 cm³/mol. The maximum Gasteiger partial charge on any atom is 0.345 e. The molecule has 0 bridgehead atoms. The second-order valence-corrected chi connectivity index (χ2v) is 10.5. The van der Waals surface area contributed by atoms with Gasteiger partial charge in [-0.3, -0.25) is 14.4 Å². The Bertz CT molecular complexity index is 1260. The molecule has 3 fully saturated rings. The van der Waals surface area contributed by atoms with Gasteiger partial charge >= 0.3 is 6.61 Å². The van der Waals surface area contributed by atoms with E-state index in [0.717, 1.165) is 0 Å². The Hall–Kier alpha value is -3.12. The standard InChI is InChI=1S/C25H27ClF3N5O4/c1-13-8-18(16(26)9-17(13)27)34-7-6-25(23(34)37)4-2-14(3-5-25)32-21(35)19-20(31-12-30-19)22(36)33-10-15(11-33)38-24(28)29/h8-9,12,14-15,24H,2-7,10-11H2,1H3,(H,30,31)(H,32,35). The molecular formula is C25H27ClF3N5O4. The molecule has 3 heterocycles. The van der Waals surface area contributed by atoms with Crippen LogP contribution < -0.4 is 10.2 Å². The quantitative estimate of drug-likeness (QED) is 0.567. The number of benzene rings is 1. The number of ether oxygens (including phenoxy) is 1. The van der Waals surface area contributed by atoms with Crippen molar-refractivity contribution in [3.63, 3.8) is 0 Å². The van der Waals surface area contributed by atoms with Gasteiger partial charge in [0.2, 0.25) is 5.91 Å². The number of nitrogens with one attached hydrogen (secondary N) is 2. The molecule has 2 N–H and O–H groups in total. The number of H-pyrrole nitrogens is 1. The minimum atomic E-state index is -2.91. The minimum Gasteiger partial charge on any atom is -0.348 e. The fourth-order valence-corrected chi connectivity index (χ4v) is 5.80. The van der Waals surface area contributed by atoms with Crippen LogP contribution in [-0.2, 0) is 9.53 Å². The number of aromatic nitrogens is 2. The monoisotopic (exact) mass is 553 g/mol. The summed E-state index contributed by atoms with van der Waals surface area (Å²) in [6, 6.07) is 2.62. The number of rotatable bonds is 6. The lowest BCUT2D eigenvalue weighted by molar-refractivity contribution is -0.189. The van der Waals surface area contributed by atoms with Crippen LogP contribution in [0.5, 0.6) is 0 Å². The molecule has 2 saturated heterocycles. The van der Waals surface area contributed by atoms with Gasteiger partial charge in [-0.15, -0.1) is 0 Å². The van der Waals surface area contributed by atoms with Gasteiger partial charge in [-0.1, -0.05) is 11.6 Å². The number of aryl methyl sites for hydroxylation is 1. The number of hydrogen-bond acceptors (Lipinski definition) is 5. The van der Waals surface area contributed by atoms with Gasteiger partial charge in [0.1, 0.15) is 11.5 Å². The molecule has 1 aromatic heterocycles. The van der Waals surface area contributed by atoms with E-state index < -0.39 is 35.8 Å². The summed E-state index contributed by atoms with van der Waals surface area (Å²) in [6.45, 7) is -0.809. The number of likely N-dealkylation sites (tertiary alicyclic amines) is 1. The first-order chi connectivity index (χ1) is 18.1. The summed E-state index contributed by atoms with van der Waals surface area (Å²) >= 11 is 6.25. The van der Waals surface area contributed by atoms with Crippen molar-refractivity contribution in [1.82, 2.24) is 20.2 Å². The highest BCUT2D eigenvalue weighted by Gasteiger charge is 2.49. The smallest absolute Gasteiger partial charge is 0.345 e. The SMILES string of the molecule is Cc1cc(N2CCC3(CCC(NC(=O)c4[nH]cnc4C(=O)N4CC(OC(F)F)C4)CC3)C2=O)c(Cl)cc1F. The molecule has 38 heavy (non-hydrogen) atoms. The number of alkyl halides is 2. The fourth-order valence-electron chi connectivity index (χ4n) is 5.55. The van der Waals surface area contributed by atoms with E-state index in [1.807, 2.05) is 0 Å². The van der Waals surface area contributed by atoms with E-state index in [2.05, 4.69) is 20.0 Å². The molecule has 5 rings (SSSR count). The molecule has 0 radical (unpaired) electrons. The number of carbonyl (C=O) groups is 3. The number of nitrogens with zero attached hydrogens (tertiary/aromatic N) is 3. The number of hydrogen-bond donors (Lipinski definition) is 2. The zero-order valence-corrected chi connectivity index (χ0v) is 21.4. The summed E-state index contributed by atoms with van der Waals surface area (Å²) < 4.78 is 42.9. The Morgan fingerprint density at radius 3 is 2.63 bits per heavy atom. The average Bonchev–Trinajstić information content (AvgIpc) is 3.46. The fraction of sp³-hybridized carbons (Fsp3) is 0.520. The van der Waals surface area contributed by atoms with Crippen molar-refractivity contribution in [2.45, 2.75) is 57.8 Å². The normalized spacial score (nSPS) is 23.8. The summed E-state index contributed by atoms with van der Waals surface area (Å²) in [5.74, 6) is -1.51. The lowest BCUT2D eigenvalue weighted by Gasteiger charge is -2.38. The molecule has 2 aromatic rings. The van der Waals surface area contributed by atoms with Gasteiger partial charge in [0.15, 0.2) is 5.69 Å². The summed E-state index contributed by atoms with van der Waals surface area (Å²) in [7, 11) is 0. The first kappa shape index (κ1) is 26.5. The maximum atomic E-state index is 13.8. The van der Waals surface area contributed by atoms with Crippen LogP contribution in [0.25, 0.3) is 0 Å². The number of amides is 3. The largest absolute Gasteiger partial charge is 0.348 e. The van der Waals surface area contributed by atoms with E-state index >= 15 is 0 Å². The van der Waals surface area contributed by atoms with Crippen LogP contribution in [0.2, 0.25) is 5.02 Å². The van der Waals surface area contributed by atoms with Crippen molar-refractivity contribution >= 4 is 35.0 Å². The predicted octanol–water partition coefficient (Wildman–Crippen LogP) is 3.67. The average molecular weight is 554 g/mol. The van der Waals surface area contributed by atoms with Gasteiger partial charge in [0.25, 0.3) is 11.8 Å². The van der Waals surface area contributed by atoms with Crippen molar-refractivity contribution in [2.24, 2.45) is 5.41 Å². The summed E-state index contributed by atoms with van der Waals surface area (Å²) in [5.41, 5.74) is 0.276. The van der Waals surface area contributed by atoms with E-state index in [4.69, 9.17) is 11.6 Å². The molecule has 0 unspecified atom stereocenters. The van der Waals surface area contributed by atoms with Crippen molar-refractivity contribution in [1.29, 1.82) is 0 Å². The Labute approximate surface area is 221 Å². The topological polar surface area (TPSA) is 108 Å². The summed E-state index contributed by atoms with van der Waals surface area (Å²) in [5, 5.41) is 3.11. The molecule has 1 aliphatic carbocycles. The second-order valence-electron chi connectivity index (χ2n) is 10.1. The molecule has 1 spiro atoms. The lowest BCUT2D eigenvalue weighted by Crippen LogP contribution is -2.55. The highest BCUT2D eigenvalue weighted by atomic mass is 35.5. The van der Waals surface area contributed by atoms with E-state index in [9.17, 15) is 27.6 Å². The second kappa shape index (κ2) is 10.2. The number of anilines is 1. The first-order valence-electron chi connectivity index (χ1n) is 12.4. The first-order valence-corrected chi connectivity index (χ1v) is 12.8. The Morgan fingerprint density at radius 1 is 1.24 bits per heavy atom. The van der Waals surface area contributed by atoms with E-state index in [0.29, 0.717) is 49.9 Å². The molecule has 13 heteroatoms. The third-order valence-corrected chi connectivity index (χ3v) is 8.11. The summed E-state index contributed by atoms with van der Waals surface area (Å²) in [6.07, 6.45) is 3.40. The van der Waals surface area contributed by atoms with Crippen LogP contribution in [0.3, 0.4) is 0 Å². The van der Waals surface area contributed by atoms with Gasteiger partial charge in [0.05, 0.1) is 28.6 Å². The summed E-state index contributed by atoms with van der Waals surface area (Å²) in [4.78, 5) is 48.7. The van der Waals surface area contributed by atoms with Gasteiger partial charge in [-0.05, 0) is 56.7 Å². The zero-order chi connectivity index (χ0) is 27.2. The van der Waals surface area contributed by atoms with Gasteiger partial charge in [-0.25, -0.2) is 9.37 Å². The van der Waals surface area contributed by atoms with E-state index in [1.165, 1.54) is 17.3 Å². The maximum absolute atomic E-state index is 13.8. The van der Waals surface area contributed by atoms with E-state index in [-0.39, 0.29) is 41.4 Å². The zero-order valence-electron chi connectivity index (χ0n) is 20.6. The molecule has 204 valence electrons. The third kappa shape index (κ3) is 4.86. The van der Waals surface area contributed by atoms with Crippen LogP contribution in [0, 0.1) is 18.2 Å². The van der Waals surface area contributed by atoms with Crippen molar-refractivity contribution in [3.05, 3.63) is 46.3 Å². The molecule has 3 aliphatic rings. The van der Waals surface area contributed by atoms with Crippen molar-refractivity contribution < 1.29 is 32.3 Å². The van der Waals surface area contributed by atoms with Crippen LogP contribution in [0.15, 0.2) is 18.5 Å². The molecule has 1 aromatic carbocycles. The van der Waals surface area contributed by atoms with Crippen molar-refractivity contribution in [3.8, 4) is 0 Å². The number of halogens is 4. The van der Waals surface area contributed by atoms with Gasteiger partial charge < -0.3 is 24.8 Å². The molecule has 3 amide bonds. The highest BCUT2D eigenvalue weighted by molar-refractivity contribution is 6.34. The Balaban J connectivity index is 1.17. The molecule has 0 atom stereocenters.